The summed E-state index contributed by atoms with van der Waals surface area (Å²) >= 11 is 3.44. The third kappa shape index (κ3) is 4.31. The van der Waals surface area contributed by atoms with Gasteiger partial charge in [0.1, 0.15) is 5.82 Å². The van der Waals surface area contributed by atoms with Crippen molar-refractivity contribution < 1.29 is 4.39 Å². The van der Waals surface area contributed by atoms with E-state index in [0.717, 1.165) is 24.0 Å². The lowest BCUT2D eigenvalue weighted by molar-refractivity contribution is 0.227. The van der Waals surface area contributed by atoms with Crippen molar-refractivity contribution in [3.63, 3.8) is 0 Å². The topological polar surface area (TPSA) is 3.24 Å². The first kappa shape index (κ1) is 12.7. The molecule has 0 fully saturated rings. The van der Waals surface area contributed by atoms with Crippen molar-refractivity contribution >= 4 is 15.9 Å². The van der Waals surface area contributed by atoms with Crippen LogP contribution in [0, 0.1) is 5.82 Å². The highest BCUT2D eigenvalue weighted by atomic mass is 79.9. The second kappa shape index (κ2) is 6.23. The zero-order valence-electron chi connectivity index (χ0n) is 9.21. The lowest BCUT2D eigenvalue weighted by Gasteiger charge is -2.25. The van der Waals surface area contributed by atoms with Crippen LogP contribution < -0.4 is 0 Å². The second-order valence-corrected chi connectivity index (χ2v) is 4.67. The lowest BCUT2D eigenvalue weighted by Crippen LogP contribution is -2.31. The first-order chi connectivity index (χ1) is 7.13. The maximum Gasteiger partial charge on any atom is 0.123 e. The number of hydrogen-bond acceptors (Lipinski definition) is 1. The van der Waals surface area contributed by atoms with E-state index in [4.69, 9.17) is 0 Å². The standard InChI is InChI=1S/C12H17BrFN/c1-10(2)15(8-7-13)9-11-3-5-12(14)6-4-11/h3-6,10H,7-9H2,1-2H3. The van der Waals surface area contributed by atoms with Crippen molar-refractivity contribution in [1.82, 2.24) is 4.90 Å². The van der Waals surface area contributed by atoms with Crippen molar-refractivity contribution in [3.05, 3.63) is 35.6 Å². The number of halogens is 2. The van der Waals surface area contributed by atoms with Crippen LogP contribution in [0.4, 0.5) is 4.39 Å². The summed E-state index contributed by atoms with van der Waals surface area (Å²) in [5, 5.41) is 0.965. The summed E-state index contributed by atoms with van der Waals surface area (Å²) in [6, 6.07) is 7.23. The first-order valence-corrected chi connectivity index (χ1v) is 6.30. The first-order valence-electron chi connectivity index (χ1n) is 5.18. The van der Waals surface area contributed by atoms with Crippen LogP contribution in [0.1, 0.15) is 19.4 Å². The number of nitrogens with zero attached hydrogens (tertiary/aromatic N) is 1. The van der Waals surface area contributed by atoms with E-state index in [1.165, 1.54) is 12.1 Å². The Morgan fingerprint density at radius 1 is 1.27 bits per heavy atom. The highest BCUT2D eigenvalue weighted by Gasteiger charge is 2.08. The summed E-state index contributed by atoms with van der Waals surface area (Å²) < 4.78 is 12.7. The molecule has 0 saturated carbocycles. The molecule has 1 aromatic carbocycles. The maximum atomic E-state index is 12.7. The number of benzene rings is 1. The third-order valence-electron chi connectivity index (χ3n) is 2.40. The highest BCUT2D eigenvalue weighted by molar-refractivity contribution is 9.09. The van der Waals surface area contributed by atoms with Crippen LogP contribution in [0.15, 0.2) is 24.3 Å². The molecule has 0 amide bonds. The van der Waals surface area contributed by atoms with Gasteiger partial charge in [0.25, 0.3) is 0 Å². The van der Waals surface area contributed by atoms with Crippen molar-refractivity contribution in [2.45, 2.75) is 26.4 Å². The molecule has 0 unspecified atom stereocenters. The summed E-state index contributed by atoms with van der Waals surface area (Å²) in [6.45, 7) is 6.23. The van der Waals surface area contributed by atoms with Gasteiger partial charge in [0.15, 0.2) is 0 Å². The molecular formula is C12H17BrFN. The molecule has 1 aromatic rings. The molecule has 84 valence electrons. The Labute approximate surface area is 99.4 Å². The molecule has 0 spiro atoms. The van der Waals surface area contributed by atoms with E-state index in [-0.39, 0.29) is 5.82 Å². The number of hydrogen-bond donors (Lipinski definition) is 0. The quantitative estimate of drug-likeness (QED) is 0.743. The van der Waals surface area contributed by atoms with E-state index in [1.807, 2.05) is 12.1 Å². The van der Waals surface area contributed by atoms with E-state index in [1.54, 1.807) is 0 Å². The monoisotopic (exact) mass is 273 g/mol. The summed E-state index contributed by atoms with van der Waals surface area (Å²) in [5.41, 5.74) is 1.16. The van der Waals surface area contributed by atoms with Gasteiger partial charge in [-0.05, 0) is 31.5 Å². The number of rotatable bonds is 5. The summed E-state index contributed by atoms with van der Waals surface area (Å²) in [7, 11) is 0. The maximum absolute atomic E-state index is 12.7. The third-order valence-corrected chi connectivity index (χ3v) is 2.76. The van der Waals surface area contributed by atoms with Gasteiger partial charge in [-0.3, -0.25) is 4.90 Å². The van der Waals surface area contributed by atoms with Crippen LogP contribution in [0.25, 0.3) is 0 Å². The molecule has 3 heteroatoms. The predicted molar refractivity (Wildman–Crippen MR) is 65.7 cm³/mol. The van der Waals surface area contributed by atoms with E-state index >= 15 is 0 Å². The molecule has 0 N–H and O–H groups in total. The van der Waals surface area contributed by atoms with Gasteiger partial charge in [0.2, 0.25) is 0 Å². The Balaban J connectivity index is 2.61. The molecule has 0 radical (unpaired) electrons. The summed E-state index contributed by atoms with van der Waals surface area (Å²) in [4.78, 5) is 2.35. The van der Waals surface area contributed by atoms with Crippen LogP contribution >= 0.6 is 15.9 Å². The van der Waals surface area contributed by atoms with E-state index in [9.17, 15) is 4.39 Å². The van der Waals surface area contributed by atoms with Gasteiger partial charge < -0.3 is 0 Å². The van der Waals surface area contributed by atoms with Gasteiger partial charge in [0, 0.05) is 24.5 Å². The molecule has 0 aromatic heterocycles. The molecule has 0 aliphatic rings. The molecule has 1 rings (SSSR count). The fraction of sp³-hybridized carbons (Fsp3) is 0.500. The Morgan fingerprint density at radius 3 is 2.33 bits per heavy atom. The highest BCUT2D eigenvalue weighted by Crippen LogP contribution is 2.09. The minimum absolute atomic E-state index is 0.171. The van der Waals surface area contributed by atoms with Gasteiger partial charge in [-0.25, -0.2) is 4.39 Å². The molecule has 0 aliphatic carbocycles. The van der Waals surface area contributed by atoms with Crippen molar-refractivity contribution in [3.8, 4) is 0 Å². The Kier molecular flexibility index (Phi) is 5.26. The fourth-order valence-electron chi connectivity index (χ4n) is 1.45. The fourth-order valence-corrected chi connectivity index (χ4v) is 1.91. The van der Waals surface area contributed by atoms with Crippen molar-refractivity contribution in [2.75, 3.05) is 11.9 Å². The smallest absolute Gasteiger partial charge is 0.123 e. The average Bonchev–Trinajstić information content (AvgIpc) is 2.20. The van der Waals surface area contributed by atoms with Crippen LogP contribution in [-0.4, -0.2) is 22.8 Å². The molecule has 1 nitrogen and oxygen atoms in total. The Bertz CT molecular complexity index is 284. The zero-order valence-corrected chi connectivity index (χ0v) is 10.8. The van der Waals surface area contributed by atoms with E-state index < -0.39 is 0 Å². The molecule has 0 aliphatic heterocycles. The molecule has 0 atom stereocenters. The van der Waals surface area contributed by atoms with Crippen LogP contribution in [-0.2, 0) is 6.54 Å². The summed E-state index contributed by atoms with van der Waals surface area (Å²) in [5.74, 6) is -0.171. The van der Waals surface area contributed by atoms with Gasteiger partial charge >= 0.3 is 0 Å². The second-order valence-electron chi connectivity index (χ2n) is 3.88. The minimum atomic E-state index is -0.171. The normalized spacial score (nSPS) is 11.3. The van der Waals surface area contributed by atoms with E-state index in [0.29, 0.717) is 6.04 Å². The zero-order chi connectivity index (χ0) is 11.3. The Morgan fingerprint density at radius 2 is 1.87 bits per heavy atom. The van der Waals surface area contributed by atoms with Gasteiger partial charge in [-0.15, -0.1) is 0 Å². The minimum Gasteiger partial charge on any atom is -0.296 e. The molecule has 0 bridgehead atoms. The van der Waals surface area contributed by atoms with Crippen LogP contribution in [0.3, 0.4) is 0 Å². The largest absolute Gasteiger partial charge is 0.296 e. The number of alkyl halides is 1. The van der Waals surface area contributed by atoms with Crippen molar-refractivity contribution in [2.24, 2.45) is 0 Å². The predicted octanol–water partition coefficient (Wildman–Crippen LogP) is 3.43. The molecular weight excluding hydrogens is 257 g/mol. The lowest BCUT2D eigenvalue weighted by atomic mass is 10.2. The van der Waals surface area contributed by atoms with Crippen LogP contribution in [0.5, 0.6) is 0 Å². The van der Waals surface area contributed by atoms with Gasteiger partial charge in [0.05, 0.1) is 0 Å². The van der Waals surface area contributed by atoms with Crippen molar-refractivity contribution in [1.29, 1.82) is 0 Å². The summed E-state index contributed by atoms with van der Waals surface area (Å²) in [6.07, 6.45) is 0. The Hall–Kier alpha value is -0.410. The molecule has 15 heavy (non-hydrogen) atoms. The molecule has 0 heterocycles. The average molecular weight is 274 g/mol. The van der Waals surface area contributed by atoms with Gasteiger partial charge in [-0.2, -0.15) is 0 Å². The van der Waals surface area contributed by atoms with Gasteiger partial charge in [-0.1, -0.05) is 28.1 Å². The molecule has 0 saturated heterocycles. The van der Waals surface area contributed by atoms with E-state index in [2.05, 4.69) is 34.7 Å². The SMILES string of the molecule is CC(C)N(CCBr)Cc1ccc(F)cc1. The van der Waals surface area contributed by atoms with Crippen LogP contribution in [0.2, 0.25) is 0 Å².